The Kier molecular flexibility index (Phi) is 15.7. The third kappa shape index (κ3) is 11.1. The molecule has 0 aliphatic carbocycles. The summed E-state index contributed by atoms with van der Waals surface area (Å²) >= 11 is 0. The molecule has 0 saturated carbocycles. The number of rotatable bonds is 15. The second-order valence-corrected chi connectivity index (χ2v) is 8.89. The molecule has 1 atom stereocenters. The van der Waals surface area contributed by atoms with Crippen LogP contribution in [0.15, 0.2) is 42.5 Å². The Balaban J connectivity index is 0.000000360. The highest BCUT2D eigenvalue weighted by Gasteiger charge is 2.15. The van der Waals surface area contributed by atoms with E-state index >= 15 is 0 Å². The van der Waals surface area contributed by atoms with Crippen LogP contribution in [0.3, 0.4) is 0 Å². The first-order chi connectivity index (χ1) is 17.4. The van der Waals surface area contributed by atoms with Crippen LogP contribution in [0.1, 0.15) is 105 Å². The number of phenols is 1. The Bertz CT molecular complexity index is 908. The zero-order valence-corrected chi connectivity index (χ0v) is 22.4. The summed E-state index contributed by atoms with van der Waals surface area (Å²) in [7, 11) is 0. The van der Waals surface area contributed by atoms with E-state index in [1.807, 2.05) is 13.0 Å². The number of carbonyl (C=O) groups excluding carboxylic acids is 1. The van der Waals surface area contributed by atoms with Crippen LogP contribution in [0, 0.1) is 5.92 Å². The zero-order chi connectivity index (χ0) is 26.8. The molecule has 2 N–H and O–H groups in total. The summed E-state index contributed by atoms with van der Waals surface area (Å²) in [4.78, 5) is 22.9. The van der Waals surface area contributed by atoms with E-state index in [-0.39, 0.29) is 16.9 Å². The molecule has 0 fully saturated rings. The number of carboxylic acids is 1. The topological polar surface area (TPSA) is 93.1 Å². The SMILES string of the molecule is CCCCC(CC)COC(=O)c1ccccc1O.CCCCCCOc1c(CC)cccc1C(=O)O. The Labute approximate surface area is 216 Å². The third-order valence-corrected chi connectivity index (χ3v) is 6.07. The molecule has 0 radical (unpaired) electrons. The number of hydrogen-bond donors (Lipinski definition) is 2. The molecule has 0 aliphatic rings. The maximum Gasteiger partial charge on any atom is 0.341 e. The van der Waals surface area contributed by atoms with Crippen LogP contribution in [0.25, 0.3) is 0 Å². The lowest BCUT2D eigenvalue weighted by Crippen LogP contribution is -2.14. The lowest BCUT2D eigenvalue weighted by atomic mass is 10.0. The van der Waals surface area contributed by atoms with Crippen LogP contribution in [0.4, 0.5) is 0 Å². The fourth-order valence-electron chi connectivity index (χ4n) is 3.72. The average molecular weight is 501 g/mol. The standard InChI is InChI=1S/2C15H22O3/c1-3-5-8-12(4-2)11-18-15(17)13-9-6-7-10-14(13)16;1-3-5-6-7-11-18-14-12(4-2)9-8-10-13(14)15(16)17/h6-7,9-10,12,16H,3-5,8,11H2,1-2H3;8-10H,3-7,11H2,1-2H3,(H,16,17). The first kappa shape index (κ1) is 31.0. The van der Waals surface area contributed by atoms with Crippen molar-refractivity contribution in [3.05, 3.63) is 59.2 Å². The van der Waals surface area contributed by atoms with Gasteiger partial charge in [-0.2, -0.15) is 0 Å². The molecule has 0 heterocycles. The number of esters is 1. The number of benzene rings is 2. The summed E-state index contributed by atoms with van der Waals surface area (Å²) in [5, 5.41) is 18.7. The number of carbonyl (C=O) groups is 2. The number of unbranched alkanes of at least 4 members (excludes halogenated alkanes) is 4. The van der Waals surface area contributed by atoms with Crippen LogP contribution in [0.5, 0.6) is 11.5 Å². The Morgan fingerprint density at radius 3 is 2.17 bits per heavy atom. The fourth-order valence-corrected chi connectivity index (χ4v) is 3.72. The molecule has 0 bridgehead atoms. The van der Waals surface area contributed by atoms with Crippen LogP contribution in [-0.4, -0.2) is 35.4 Å². The van der Waals surface area contributed by atoms with Gasteiger partial charge in [0.1, 0.15) is 22.6 Å². The number of aryl methyl sites for hydroxylation is 1. The van der Waals surface area contributed by atoms with E-state index in [2.05, 4.69) is 20.8 Å². The number of aromatic hydroxyl groups is 1. The monoisotopic (exact) mass is 500 g/mol. The van der Waals surface area contributed by atoms with Gasteiger partial charge in [-0.05, 0) is 48.9 Å². The highest BCUT2D eigenvalue weighted by molar-refractivity contribution is 5.92. The first-order valence-electron chi connectivity index (χ1n) is 13.3. The predicted octanol–water partition coefficient (Wildman–Crippen LogP) is 7.67. The highest BCUT2D eigenvalue weighted by Crippen LogP contribution is 2.25. The van der Waals surface area contributed by atoms with Gasteiger partial charge in [0.25, 0.3) is 0 Å². The van der Waals surface area contributed by atoms with Gasteiger partial charge in [0.05, 0.1) is 13.2 Å². The van der Waals surface area contributed by atoms with Crippen LogP contribution >= 0.6 is 0 Å². The predicted molar refractivity (Wildman–Crippen MR) is 144 cm³/mol. The second kappa shape index (κ2) is 18.3. The van der Waals surface area contributed by atoms with Crippen molar-refractivity contribution in [2.24, 2.45) is 5.92 Å². The minimum absolute atomic E-state index is 0.0240. The normalized spacial score (nSPS) is 11.2. The van der Waals surface area contributed by atoms with Crippen molar-refractivity contribution < 1.29 is 29.3 Å². The molecular formula is C30H44O6. The van der Waals surface area contributed by atoms with E-state index in [1.54, 1.807) is 30.3 Å². The summed E-state index contributed by atoms with van der Waals surface area (Å²) in [5.74, 6) is -0.426. The van der Waals surface area contributed by atoms with Gasteiger partial charge in [0.2, 0.25) is 0 Å². The van der Waals surface area contributed by atoms with Gasteiger partial charge < -0.3 is 19.7 Å². The molecule has 0 spiro atoms. The number of phenolic OH excluding ortho intramolecular Hbond substituents is 1. The van der Waals surface area contributed by atoms with Gasteiger partial charge >= 0.3 is 11.9 Å². The summed E-state index contributed by atoms with van der Waals surface area (Å²) in [6, 6.07) is 11.8. The highest BCUT2D eigenvalue weighted by atomic mass is 16.5. The van der Waals surface area contributed by atoms with Crippen molar-refractivity contribution >= 4 is 11.9 Å². The molecule has 0 aromatic heterocycles. The minimum atomic E-state index is -0.922. The van der Waals surface area contributed by atoms with Crippen LogP contribution in [0.2, 0.25) is 0 Å². The smallest absolute Gasteiger partial charge is 0.341 e. The molecule has 2 rings (SSSR count). The Hall–Kier alpha value is -3.02. The maximum absolute atomic E-state index is 11.8. The number of aromatic carboxylic acids is 1. The number of hydrogen-bond acceptors (Lipinski definition) is 5. The number of carboxylic acid groups (broad SMARTS) is 1. The second-order valence-electron chi connectivity index (χ2n) is 8.89. The molecule has 6 heteroatoms. The van der Waals surface area contributed by atoms with Gasteiger partial charge in [-0.25, -0.2) is 9.59 Å². The Morgan fingerprint density at radius 2 is 1.56 bits per heavy atom. The van der Waals surface area contributed by atoms with Crippen molar-refractivity contribution in [3.63, 3.8) is 0 Å². The summed E-state index contributed by atoms with van der Waals surface area (Å²) < 4.78 is 10.9. The molecular weight excluding hydrogens is 456 g/mol. The molecule has 36 heavy (non-hydrogen) atoms. The fraction of sp³-hybridized carbons (Fsp3) is 0.533. The average Bonchev–Trinajstić information content (AvgIpc) is 2.89. The van der Waals surface area contributed by atoms with E-state index in [0.29, 0.717) is 24.9 Å². The van der Waals surface area contributed by atoms with Crippen LogP contribution in [-0.2, 0) is 11.2 Å². The van der Waals surface area contributed by atoms with Crippen molar-refractivity contribution in [2.45, 2.75) is 85.5 Å². The van der Waals surface area contributed by atoms with Gasteiger partial charge in [-0.1, -0.05) is 90.5 Å². The van der Waals surface area contributed by atoms with E-state index in [0.717, 1.165) is 50.5 Å². The summed E-state index contributed by atoms with van der Waals surface area (Å²) in [6.07, 6.45) is 9.69. The summed E-state index contributed by atoms with van der Waals surface area (Å²) in [6.45, 7) is 9.45. The van der Waals surface area contributed by atoms with Gasteiger partial charge in [0.15, 0.2) is 0 Å². The van der Waals surface area contributed by atoms with Crippen molar-refractivity contribution in [2.75, 3.05) is 13.2 Å². The van der Waals surface area contributed by atoms with Crippen molar-refractivity contribution in [1.29, 1.82) is 0 Å². The van der Waals surface area contributed by atoms with Crippen molar-refractivity contribution in [3.8, 4) is 11.5 Å². The molecule has 0 saturated heterocycles. The van der Waals surface area contributed by atoms with E-state index in [4.69, 9.17) is 14.6 Å². The first-order valence-corrected chi connectivity index (χ1v) is 13.3. The van der Waals surface area contributed by atoms with Gasteiger partial charge in [-0.15, -0.1) is 0 Å². The van der Waals surface area contributed by atoms with E-state index in [1.165, 1.54) is 18.9 Å². The molecule has 0 aliphatic heterocycles. The molecule has 200 valence electrons. The van der Waals surface area contributed by atoms with Gasteiger partial charge in [0, 0.05) is 0 Å². The lowest BCUT2D eigenvalue weighted by molar-refractivity contribution is 0.0424. The van der Waals surface area contributed by atoms with E-state index in [9.17, 15) is 14.7 Å². The number of para-hydroxylation sites is 2. The van der Waals surface area contributed by atoms with Crippen molar-refractivity contribution in [1.82, 2.24) is 0 Å². The summed E-state index contributed by atoms with van der Waals surface area (Å²) in [5.41, 5.74) is 1.47. The van der Waals surface area contributed by atoms with Gasteiger partial charge in [-0.3, -0.25) is 0 Å². The number of ether oxygens (including phenoxy) is 2. The lowest BCUT2D eigenvalue weighted by Gasteiger charge is -2.14. The molecule has 6 nitrogen and oxygen atoms in total. The Morgan fingerprint density at radius 1 is 0.861 bits per heavy atom. The molecule has 2 aromatic rings. The molecule has 1 unspecified atom stereocenters. The molecule has 2 aromatic carbocycles. The maximum atomic E-state index is 11.8. The van der Waals surface area contributed by atoms with E-state index < -0.39 is 11.9 Å². The van der Waals surface area contributed by atoms with Crippen LogP contribution < -0.4 is 4.74 Å². The minimum Gasteiger partial charge on any atom is -0.507 e. The molecule has 0 amide bonds. The third-order valence-electron chi connectivity index (χ3n) is 6.07. The quantitative estimate of drug-likeness (QED) is 0.192. The largest absolute Gasteiger partial charge is 0.507 e. The zero-order valence-electron chi connectivity index (χ0n) is 22.4.